The summed E-state index contributed by atoms with van der Waals surface area (Å²) in [6, 6.07) is 13.3. The molecule has 126 valence electrons. The summed E-state index contributed by atoms with van der Waals surface area (Å²) in [7, 11) is 0.183. The largest absolute Gasteiger partial charge is 0.328 e. The number of nitrogens with zero attached hydrogens (tertiary/aromatic N) is 3. The summed E-state index contributed by atoms with van der Waals surface area (Å²) >= 11 is 0. The van der Waals surface area contributed by atoms with Crippen molar-refractivity contribution in [3.05, 3.63) is 52.6 Å². The molecule has 2 aliphatic rings. The number of non-ortho nitro benzene ring substituents is 1. The number of rotatable bonds is 2. The zero-order valence-corrected chi connectivity index (χ0v) is 15.7. The Balaban J connectivity index is 2.31. The molecule has 0 aliphatic carbocycles. The molecule has 5 nitrogen and oxygen atoms in total. The minimum absolute atomic E-state index is 0.134. The number of hydrogen-bond donors (Lipinski definition) is 0. The molecule has 0 radical (unpaired) electrons. The molecule has 0 aromatic heterocycles. The van der Waals surface area contributed by atoms with Gasteiger partial charge in [0.15, 0.2) is 0 Å². The van der Waals surface area contributed by atoms with Gasteiger partial charge in [-0.1, -0.05) is 37.8 Å². The second-order valence-corrected chi connectivity index (χ2v) is 12.5. The van der Waals surface area contributed by atoms with E-state index in [0.29, 0.717) is 0 Å². The van der Waals surface area contributed by atoms with Gasteiger partial charge >= 0.3 is 0 Å². The van der Waals surface area contributed by atoms with Crippen LogP contribution in [0.3, 0.4) is 0 Å². The van der Waals surface area contributed by atoms with Crippen LogP contribution in [0.4, 0.5) is 5.69 Å². The van der Waals surface area contributed by atoms with Crippen molar-refractivity contribution < 1.29 is 4.92 Å². The monoisotopic (exact) mass is 349 g/mol. The van der Waals surface area contributed by atoms with Gasteiger partial charge in [0.05, 0.1) is 18.5 Å². The Bertz CT molecular complexity index is 1130. The van der Waals surface area contributed by atoms with Crippen LogP contribution in [0.25, 0.3) is 33.2 Å². The van der Waals surface area contributed by atoms with Crippen LogP contribution in [-0.2, 0) is 7.05 Å². The molecule has 0 saturated carbocycles. The van der Waals surface area contributed by atoms with Gasteiger partial charge in [0.2, 0.25) is 0 Å². The molecular formula is C19H19N3O2Si. The fourth-order valence-corrected chi connectivity index (χ4v) is 5.72. The summed E-state index contributed by atoms with van der Waals surface area (Å²) in [4.78, 5) is 15.8. The van der Waals surface area contributed by atoms with Crippen LogP contribution in [0.2, 0.25) is 19.6 Å². The number of nitro benzene ring substituents is 1. The summed E-state index contributed by atoms with van der Waals surface area (Å²) in [6.07, 6.45) is 0. The van der Waals surface area contributed by atoms with Crippen LogP contribution in [-0.4, -0.2) is 22.5 Å². The number of pyridine rings is 1. The van der Waals surface area contributed by atoms with E-state index < -0.39 is 8.07 Å². The van der Waals surface area contributed by atoms with Crippen LogP contribution in [0.1, 0.15) is 0 Å². The van der Waals surface area contributed by atoms with E-state index in [0.717, 1.165) is 33.2 Å². The fraction of sp³-hybridized carbons (Fsp3) is 0.211. The van der Waals surface area contributed by atoms with E-state index in [4.69, 9.17) is 4.98 Å². The van der Waals surface area contributed by atoms with E-state index in [1.807, 2.05) is 31.3 Å². The number of para-hydroxylation sites is 1. The van der Waals surface area contributed by atoms with Gasteiger partial charge in [-0.05, 0) is 17.3 Å². The zero-order valence-electron chi connectivity index (χ0n) is 14.7. The Labute approximate surface area is 146 Å². The molecular weight excluding hydrogens is 330 g/mol. The molecule has 0 N–H and O–H groups in total. The highest BCUT2D eigenvalue weighted by atomic mass is 28.3. The molecule has 6 heteroatoms. The lowest BCUT2D eigenvalue weighted by atomic mass is 10.1. The third-order valence-electron chi connectivity index (χ3n) is 4.76. The third-order valence-corrected chi connectivity index (χ3v) is 6.78. The highest BCUT2D eigenvalue weighted by Crippen LogP contribution is 2.35. The maximum absolute atomic E-state index is 11.3. The lowest BCUT2D eigenvalue weighted by molar-refractivity contribution is -0.384. The maximum Gasteiger partial charge on any atom is 0.270 e. The van der Waals surface area contributed by atoms with Gasteiger partial charge in [-0.25, -0.2) is 4.98 Å². The average Bonchev–Trinajstić information content (AvgIpc) is 2.93. The predicted octanol–water partition coefficient (Wildman–Crippen LogP) is 4.28. The number of hydrogen-bond acceptors (Lipinski definition) is 3. The minimum atomic E-state index is -1.80. The number of aromatic nitrogens is 2. The van der Waals surface area contributed by atoms with E-state index in [2.05, 4.69) is 30.3 Å². The van der Waals surface area contributed by atoms with Crippen molar-refractivity contribution in [1.82, 2.24) is 9.55 Å². The van der Waals surface area contributed by atoms with E-state index in [-0.39, 0.29) is 10.6 Å². The first-order chi connectivity index (χ1) is 11.8. The van der Waals surface area contributed by atoms with Crippen LogP contribution in [0.5, 0.6) is 0 Å². The fourth-order valence-electron chi connectivity index (χ4n) is 3.72. The second kappa shape index (κ2) is 5.13. The van der Waals surface area contributed by atoms with E-state index in [1.54, 1.807) is 12.1 Å². The lowest BCUT2D eigenvalue weighted by Crippen LogP contribution is -2.40. The first-order valence-corrected chi connectivity index (χ1v) is 11.7. The standard InChI is InChI=1S/C19H19N3O2Si/c1-21-16-10-9-12(22(23)24)11-14(16)18(25(2,3)4)17-13-7-5-6-8-15(13)20-19(17)21/h5-11H,1-4H3. The number of fused-ring (bicyclic) bond motifs is 4. The first kappa shape index (κ1) is 15.8. The van der Waals surface area contributed by atoms with Gasteiger partial charge < -0.3 is 4.57 Å². The molecule has 0 spiro atoms. The topological polar surface area (TPSA) is 61.0 Å². The van der Waals surface area contributed by atoms with Crippen LogP contribution < -0.4 is 5.19 Å². The Morgan fingerprint density at radius 1 is 1.08 bits per heavy atom. The average molecular weight is 349 g/mol. The number of aryl methyl sites for hydroxylation is 1. The predicted molar refractivity (Wildman–Crippen MR) is 104 cm³/mol. The molecule has 0 bridgehead atoms. The summed E-state index contributed by atoms with van der Waals surface area (Å²) < 4.78 is 2.05. The van der Waals surface area contributed by atoms with Crippen molar-refractivity contribution in [1.29, 1.82) is 0 Å². The third kappa shape index (κ3) is 2.25. The minimum Gasteiger partial charge on any atom is -0.328 e. The summed E-state index contributed by atoms with van der Waals surface area (Å²) in [5.74, 6) is 0.944. The number of nitro groups is 1. The first-order valence-electron chi connectivity index (χ1n) is 8.25. The maximum atomic E-state index is 11.3. The molecule has 0 fully saturated rings. The van der Waals surface area contributed by atoms with Crippen molar-refractivity contribution in [3.8, 4) is 11.4 Å². The molecule has 0 atom stereocenters. The molecule has 2 aromatic carbocycles. The molecule has 0 amide bonds. The molecule has 2 heterocycles. The van der Waals surface area contributed by atoms with Crippen LogP contribution >= 0.6 is 0 Å². The molecule has 4 rings (SSSR count). The van der Waals surface area contributed by atoms with E-state index in [9.17, 15) is 10.1 Å². The smallest absolute Gasteiger partial charge is 0.270 e. The van der Waals surface area contributed by atoms with Crippen LogP contribution in [0.15, 0.2) is 42.5 Å². The highest BCUT2D eigenvalue weighted by Gasteiger charge is 2.30. The highest BCUT2D eigenvalue weighted by molar-refractivity contribution is 6.91. The van der Waals surface area contributed by atoms with Gasteiger partial charge in [0.25, 0.3) is 5.69 Å². The van der Waals surface area contributed by atoms with Crippen molar-refractivity contribution in [2.24, 2.45) is 7.05 Å². The van der Waals surface area contributed by atoms with Crippen molar-refractivity contribution >= 4 is 40.8 Å². The quantitative estimate of drug-likeness (QED) is 0.308. The zero-order chi connectivity index (χ0) is 17.9. The van der Waals surface area contributed by atoms with E-state index >= 15 is 0 Å². The SMILES string of the molecule is Cn1c2nc3ccccc3c-2c([Si](C)(C)C)c2cc([N+](=O)[O-])ccc21. The van der Waals surface area contributed by atoms with Gasteiger partial charge in [0.1, 0.15) is 5.82 Å². The molecule has 0 unspecified atom stereocenters. The van der Waals surface area contributed by atoms with Crippen molar-refractivity contribution in [2.75, 3.05) is 0 Å². The summed E-state index contributed by atoms with van der Waals surface area (Å²) in [5, 5.41) is 14.7. The lowest BCUT2D eigenvalue weighted by Gasteiger charge is -2.25. The Hall–Kier alpha value is -2.73. The molecule has 0 saturated heterocycles. The van der Waals surface area contributed by atoms with Gasteiger partial charge in [-0.15, -0.1) is 0 Å². The van der Waals surface area contributed by atoms with Gasteiger partial charge in [-0.3, -0.25) is 10.1 Å². The van der Waals surface area contributed by atoms with Gasteiger partial charge in [0, 0.05) is 41.0 Å². The molecule has 2 aromatic rings. The number of benzene rings is 2. The summed E-state index contributed by atoms with van der Waals surface area (Å²) in [6.45, 7) is 6.84. The van der Waals surface area contributed by atoms with Gasteiger partial charge in [-0.2, -0.15) is 0 Å². The van der Waals surface area contributed by atoms with E-state index in [1.165, 1.54) is 5.19 Å². The Morgan fingerprint density at radius 3 is 2.48 bits per heavy atom. The second-order valence-electron chi connectivity index (χ2n) is 7.47. The Kier molecular flexibility index (Phi) is 3.24. The van der Waals surface area contributed by atoms with Crippen molar-refractivity contribution in [2.45, 2.75) is 19.6 Å². The summed E-state index contributed by atoms with van der Waals surface area (Å²) in [5.41, 5.74) is 3.23. The molecule has 25 heavy (non-hydrogen) atoms. The van der Waals surface area contributed by atoms with Crippen molar-refractivity contribution in [3.63, 3.8) is 0 Å². The normalized spacial score (nSPS) is 12.3. The van der Waals surface area contributed by atoms with Crippen LogP contribution in [0, 0.1) is 10.1 Å². The molecule has 2 aliphatic heterocycles. The Morgan fingerprint density at radius 2 is 1.80 bits per heavy atom.